The summed E-state index contributed by atoms with van der Waals surface area (Å²) in [5.41, 5.74) is 0.535. The molecule has 0 saturated carbocycles. The van der Waals surface area contributed by atoms with E-state index in [0.717, 1.165) is 44.6 Å². The maximum atomic E-state index is 12.7. The fourth-order valence-electron chi connectivity index (χ4n) is 2.12. The number of amides is 1. The standard InChI is InChI=1S/C17H29N3O/c1-5-8-13-20(14(4)7-3)17(21)15-10-9-11-16(19-15)18-12-6-2/h9-11,14H,5-8,12-13H2,1-4H3,(H,18,19). The van der Waals surface area contributed by atoms with Gasteiger partial charge in [-0.3, -0.25) is 4.79 Å². The van der Waals surface area contributed by atoms with Crippen LogP contribution in [0.1, 0.15) is 63.9 Å². The lowest BCUT2D eigenvalue weighted by molar-refractivity contribution is 0.0679. The van der Waals surface area contributed by atoms with Crippen LogP contribution in [-0.2, 0) is 0 Å². The highest BCUT2D eigenvalue weighted by Crippen LogP contribution is 2.13. The van der Waals surface area contributed by atoms with Gasteiger partial charge in [0, 0.05) is 19.1 Å². The molecule has 0 bridgehead atoms. The molecule has 1 atom stereocenters. The van der Waals surface area contributed by atoms with E-state index >= 15 is 0 Å². The summed E-state index contributed by atoms with van der Waals surface area (Å²) in [6, 6.07) is 5.86. The zero-order valence-corrected chi connectivity index (χ0v) is 13.9. The normalized spacial score (nSPS) is 12.0. The quantitative estimate of drug-likeness (QED) is 0.749. The zero-order chi connectivity index (χ0) is 15.7. The number of rotatable bonds is 9. The van der Waals surface area contributed by atoms with Gasteiger partial charge in [0.15, 0.2) is 0 Å². The Morgan fingerprint density at radius 3 is 2.67 bits per heavy atom. The Hall–Kier alpha value is -1.58. The van der Waals surface area contributed by atoms with Crippen LogP contribution < -0.4 is 5.32 Å². The minimum Gasteiger partial charge on any atom is -0.370 e. The first-order valence-corrected chi connectivity index (χ1v) is 8.15. The second-order valence-corrected chi connectivity index (χ2v) is 5.44. The number of hydrogen-bond acceptors (Lipinski definition) is 3. The van der Waals surface area contributed by atoms with Gasteiger partial charge in [0.25, 0.3) is 5.91 Å². The first-order valence-electron chi connectivity index (χ1n) is 8.15. The summed E-state index contributed by atoms with van der Waals surface area (Å²) in [6.07, 6.45) is 4.12. The van der Waals surface area contributed by atoms with Crippen LogP contribution in [0, 0.1) is 0 Å². The Labute approximate surface area is 129 Å². The van der Waals surface area contributed by atoms with Crippen molar-refractivity contribution in [2.24, 2.45) is 0 Å². The van der Waals surface area contributed by atoms with Gasteiger partial charge in [-0.25, -0.2) is 4.98 Å². The van der Waals surface area contributed by atoms with E-state index in [1.807, 2.05) is 17.0 Å². The number of carbonyl (C=O) groups is 1. The molecule has 0 aliphatic rings. The fourth-order valence-corrected chi connectivity index (χ4v) is 2.12. The van der Waals surface area contributed by atoms with Crippen molar-refractivity contribution in [2.45, 2.75) is 59.4 Å². The first kappa shape index (κ1) is 17.5. The molecule has 1 N–H and O–H groups in total. The molecule has 1 aromatic rings. The summed E-state index contributed by atoms with van der Waals surface area (Å²) in [6.45, 7) is 10.1. The van der Waals surface area contributed by atoms with Crippen molar-refractivity contribution in [3.63, 3.8) is 0 Å². The van der Waals surface area contributed by atoms with Gasteiger partial charge in [-0.15, -0.1) is 0 Å². The van der Waals surface area contributed by atoms with Gasteiger partial charge in [-0.1, -0.05) is 33.3 Å². The highest BCUT2D eigenvalue weighted by atomic mass is 16.2. The lowest BCUT2D eigenvalue weighted by Gasteiger charge is -2.28. The number of anilines is 1. The molecule has 0 spiro atoms. The number of aromatic nitrogens is 1. The summed E-state index contributed by atoms with van der Waals surface area (Å²) in [5.74, 6) is 0.820. The predicted molar refractivity (Wildman–Crippen MR) is 88.7 cm³/mol. The second kappa shape index (κ2) is 9.37. The Morgan fingerprint density at radius 1 is 1.29 bits per heavy atom. The summed E-state index contributed by atoms with van der Waals surface area (Å²) < 4.78 is 0. The van der Waals surface area contributed by atoms with Crippen LogP contribution >= 0.6 is 0 Å². The van der Waals surface area contributed by atoms with E-state index in [-0.39, 0.29) is 11.9 Å². The predicted octanol–water partition coefficient (Wildman–Crippen LogP) is 3.94. The van der Waals surface area contributed by atoms with Gasteiger partial charge in [0.2, 0.25) is 0 Å². The monoisotopic (exact) mass is 291 g/mol. The van der Waals surface area contributed by atoms with Gasteiger partial charge >= 0.3 is 0 Å². The van der Waals surface area contributed by atoms with Crippen LogP contribution in [0.3, 0.4) is 0 Å². The van der Waals surface area contributed by atoms with Gasteiger partial charge in [-0.2, -0.15) is 0 Å². The molecule has 0 aromatic carbocycles. The molecule has 1 rings (SSSR count). The topological polar surface area (TPSA) is 45.2 Å². The molecule has 4 nitrogen and oxygen atoms in total. The van der Waals surface area contributed by atoms with Crippen LogP contribution in [0.15, 0.2) is 18.2 Å². The molecule has 1 aromatic heterocycles. The van der Waals surface area contributed by atoms with Crippen molar-refractivity contribution in [1.82, 2.24) is 9.88 Å². The maximum Gasteiger partial charge on any atom is 0.272 e. The Balaban J connectivity index is 2.86. The lowest BCUT2D eigenvalue weighted by Crippen LogP contribution is -2.39. The summed E-state index contributed by atoms with van der Waals surface area (Å²) >= 11 is 0. The van der Waals surface area contributed by atoms with Gasteiger partial charge < -0.3 is 10.2 Å². The molecule has 4 heteroatoms. The lowest BCUT2D eigenvalue weighted by atomic mass is 10.1. The maximum absolute atomic E-state index is 12.7. The summed E-state index contributed by atoms with van der Waals surface area (Å²) in [4.78, 5) is 19.1. The van der Waals surface area contributed by atoms with Crippen LogP contribution in [0.25, 0.3) is 0 Å². The number of unbranched alkanes of at least 4 members (excludes halogenated alkanes) is 1. The van der Waals surface area contributed by atoms with E-state index in [1.54, 1.807) is 6.07 Å². The van der Waals surface area contributed by atoms with Gasteiger partial charge in [-0.05, 0) is 38.3 Å². The van der Waals surface area contributed by atoms with Crippen molar-refractivity contribution in [3.8, 4) is 0 Å². The molecule has 0 saturated heterocycles. The van der Waals surface area contributed by atoms with E-state index in [1.165, 1.54) is 0 Å². The largest absolute Gasteiger partial charge is 0.370 e. The van der Waals surface area contributed by atoms with E-state index in [0.29, 0.717) is 5.69 Å². The van der Waals surface area contributed by atoms with E-state index in [9.17, 15) is 4.79 Å². The Kier molecular flexibility index (Phi) is 7.80. The van der Waals surface area contributed by atoms with Crippen molar-refractivity contribution >= 4 is 11.7 Å². The highest BCUT2D eigenvalue weighted by molar-refractivity contribution is 5.92. The average Bonchev–Trinajstić information content (AvgIpc) is 2.52. The number of carbonyl (C=O) groups excluding carboxylic acids is 1. The zero-order valence-electron chi connectivity index (χ0n) is 13.9. The summed E-state index contributed by atoms with van der Waals surface area (Å²) in [7, 11) is 0. The number of nitrogens with one attached hydrogen (secondary N) is 1. The van der Waals surface area contributed by atoms with Crippen LogP contribution in [0.2, 0.25) is 0 Å². The third-order valence-electron chi connectivity index (χ3n) is 3.66. The molecular formula is C17H29N3O. The van der Waals surface area contributed by atoms with Crippen molar-refractivity contribution < 1.29 is 4.79 Å². The van der Waals surface area contributed by atoms with E-state index in [4.69, 9.17) is 0 Å². The number of nitrogens with zero attached hydrogens (tertiary/aromatic N) is 2. The molecule has 0 radical (unpaired) electrons. The smallest absolute Gasteiger partial charge is 0.272 e. The van der Waals surface area contributed by atoms with Crippen LogP contribution in [0.5, 0.6) is 0 Å². The number of pyridine rings is 1. The van der Waals surface area contributed by atoms with Gasteiger partial charge in [0.05, 0.1) is 0 Å². The fraction of sp³-hybridized carbons (Fsp3) is 0.647. The third kappa shape index (κ3) is 5.37. The minimum atomic E-state index is 0.0398. The molecule has 0 aliphatic carbocycles. The molecule has 1 unspecified atom stereocenters. The van der Waals surface area contributed by atoms with Crippen molar-refractivity contribution in [3.05, 3.63) is 23.9 Å². The third-order valence-corrected chi connectivity index (χ3v) is 3.66. The molecule has 1 amide bonds. The molecular weight excluding hydrogens is 262 g/mol. The minimum absolute atomic E-state index is 0.0398. The van der Waals surface area contributed by atoms with E-state index < -0.39 is 0 Å². The average molecular weight is 291 g/mol. The molecule has 118 valence electrons. The van der Waals surface area contributed by atoms with Crippen LogP contribution in [-0.4, -0.2) is 34.9 Å². The Bertz CT molecular complexity index is 434. The highest BCUT2D eigenvalue weighted by Gasteiger charge is 2.21. The van der Waals surface area contributed by atoms with Gasteiger partial charge in [0.1, 0.15) is 11.5 Å². The van der Waals surface area contributed by atoms with Crippen LogP contribution in [0.4, 0.5) is 5.82 Å². The van der Waals surface area contributed by atoms with E-state index in [2.05, 4.69) is 38.0 Å². The molecule has 21 heavy (non-hydrogen) atoms. The van der Waals surface area contributed by atoms with Crippen molar-refractivity contribution in [2.75, 3.05) is 18.4 Å². The summed E-state index contributed by atoms with van der Waals surface area (Å²) in [5, 5.41) is 3.23. The molecule has 1 heterocycles. The Morgan fingerprint density at radius 2 is 2.05 bits per heavy atom. The van der Waals surface area contributed by atoms with Crippen molar-refractivity contribution in [1.29, 1.82) is 0 Å². The SMILES string of the molecule is CCCCN(C(=O)c1cccc(NCCC)n1)C(C)CC. The molecule has 0 fully saturated rings. The number of hydrogen-bond donors (Lipinski definition) is 1. The first-order chi connectivity index (χ1) is 10.1. The second-order valence-electron chi connectivity index (χ2n) is 5.44. The molecule has 0 aliphatic heterocycles.